The summed E-state index contributed by atoms with van der Waals surface area (Å²) in [5, 5.41) is 4.33. The quantitative estimate of drug-likeness (QED) is 0.230. The zero-order valence-corrected chi connectivity index (χ0v) is 21.9. The average Bonchev–Trinajstić information content (AvgIpc) is 3.73. The summed E-state index contributed by atoms with van der Waals surface area (Å²) in [7, 11) is 0. The van der Waals surface area contributed by atoms with Crippen LogP contribution in [0.2, 0.25) is 0 Å². The number of benzene rings is 5. The number of hydrogen-bond acceptors (Lipinski definition) is 3. The van der Waals surface area contributed by atoms with Crippen molar-refractivity contribution >= 4 is 49.5 Å². The van der Waals surface area contributed by atoms with Crippen molar-refractivity contribution in [3.05, 3.63) is 134 Å². The highest BCUT2D eigenvalue weighted by molar-refractivity contribution is 6.15. The molecule has 0 saturated carbocycles. The summed E-state index contributed by atoms with van der Waals surface area (Å²) in [5.41, 5.74) is 11.2. The van der Waals surface area contributed by atoms with Crippen LogP contribution in [0.1, 0.15) is 0 Å². The molecule has 9 rings (SSSR count). The molecule has 4 heteroatoms. The van der Waals surface area contributed by atoms with Gasteiger partial charge in [0.15, 0.2) is 0 Å². The van der Waals surface area contributed by atoms with Gasteiger partial charge in [-0.25, -0.2) is 4.98 Å². The molecule has 0 unspecified atom stereocenters. The Morgan fingerprint density at radius 1 is 0.439 bits per heavy atom. The molecule has 0 amide bonds. The molecule has 192 valence electrons. The molecule has 0 aliphatic rings. The Hall–Kier alpha value is -5.61. The van der Waals surface area contributed by atoms with Gasteiger partial charge in [-0.1, -0.05) is 72.8 Å². The van der Waals surface area contributed by atoms with E-state index >= 15 is 0 Å². The maximum atomic E-state index is 6.27. The number of imidazole rings is 1. The first-order valence-electron chi connectivity index (χ1n) is 13.7. The van der Waals surface area contributed by atoms with Crippen LogP contribution in [0.4, 0.5) is 0 Å². The van der Waals surface area contributed by atoms with E-state index in [1.54, 1.807) is 0 Å². The molecule has 0 aliphatic carbocycles. The molecule has 4 aromatic heterocycles. The van der Waals surface area contributed by atoms with E-state index in [9.17, 15) is 0 Å². The van der Waals surface area contributed by atoms with E-state index in [1.807, 2.05) is 42.6 Å². The van der Waals surface area contributed by atoms with E-state index in [0.717, 1.165) is 77.5 Å². The molecule has 0 atom stereocenters. The standard InChI is InChI=1S/C37H22N2O2/c1-2-9-33-28(8-1)30-20-36-31(21-35(30)40-33)29-19-26(15-16-34(29)41-36)24-13-11-23(12-14-24)25-6-5-7-27(18-25)32-22-39-17-4-3-10-37(39)38-32/h1-22H. The Morgan fingerprint density at radius 3 is 1.88 bits per heavy atom. The maximum absolute atomic E-state index is 6.27. The van der Waals surface area contributed by atoms with E-state index in [-0.39, 0.29) is 0 Å². The Balaban J connectivity index is 1.08. The predicted molar refractivity (Wildman–Crippen MR) is 166 cm³/mol. The van der Waals surface area contributed by atoms with Crippen LogP contribution < -0.4 is 0 Å². The summed E-state index contributed by atoms with van der Waals surface area (Å²) in [6.45, 7) is 0. The van der Waals surface area contributed by atoms with Crippen molar-refractivity contribution in [1.82, 2.24) is 9.38 Å². The summed E-state index contributed by atoms with van der Waals surface area (Å²) >= 11 is 0. The molecule has 5 aromatic carbocycles. The van der Waals surface area contributed by atoms with Gasteiger partial charge in [0.2, 0.25) is 0 Å². The fraction of sp³-hybridized carbons (Fsp3) is 0. The van der Waals surface area contributed by atoms with E-state index in [0.29, 0.717) is 0 Å². The van der Waals surface area contributed by atoms with Gasteiger partial charge >= 0.3 is 0 Å². The molecular weight excluding hydrogens is 504 g/mol. The van der Waals surface area contributed by atoms with Gasteiger partial charge in [0.1, 0.15) is 28.0 Å². The minimum absolute atomic E-state index is 0.872. The third-order valence-corrected chi connectivity index (χ3v) is 8.04. The van der Waals surface area contributed by atoms with Crippen LogP contribution in [0.15, 0.2) is 143 Å². The molecule has 9 aromatic rings. The lowest BCUT2D eigenvalue weighted by Gasteiger charge is -2.07. The highest BCUT2D eigenvalue weighted by atomic mass is 16.3. The SMILES string of the molecule is c1cc(-c2ccc(-c3ccc4oc5cc6c(cc5c4c3)oc3ccccc36)cc2)cc(-c2cn3ccccc3n2)c1. The number of hydrogen-bond donors (Lipinski definition) is 0. The monoisotopic (exact) mass is 526 g/mol. The number of fused-ring (bicyclic) bond motifs is 7. The Morgan fingerprint density at radius 2 is 1.07 bits per heavy atom. The van der Waals surface area contributed by atoms with Crippen LogP contribution in [0.25, 0.3) is 83.0 Å². The predicted octanol–water partition coefficient (Wildman–Crippen LogP) is 10.1. The molecule has 0 bridgehead atoms. The lowest BCUT2D eigenvalue weighted by Crippen LogP contribution is -1.83. The van der Waals surface area contributed by atoms with E-state index in [4.69, 9.17) is 13.8 Å². The van der Waals surface area contributed by atoms with Gasteiger partial charge in [0, 0.05) is 39.5 Å². The van der Waals surface area contributed by atoms with Gasteiger partial charge in [-0.05, 0) is 70.8 Å². The van der Waals surface area contributed by atoms with Crippen molar-refractivity contribution in [3.8, 4) is 33.5 Å². The fourth-order valence-electron chi connectivity index (χ4n) is 5.96. The maximum Gasteiger partial charge on any atom is 0.137 e. The van der Waals surface area contributed by atoms with Crippen LogP contribution in [-0.4, -0.2) is 9.38 Å². The van der Waals surface area contributed by atoms with Crippen LogP contribution in [0.5, 0.6) is 0 Å². The van der Waals surface area contributed by atoms with E-state index in [1.165, 1.54) is 5.56 Å². The van der Waals surface area contributed by atoms with Gasteiger partial charge < -0.3 is 13.2 Å². The summed E-state index contributed by atoms with van der Waals surface area (Å²) in [6, 6.07) is 42.1. The van der Waals surface area contributed by atoms with E-state index < -0.39 is 0 Å². The molecule has 0 fully saturated rings. The highest BCUT2D eigenvalue weighted by Gasteiger charge is 2.14. The molecule has 0 radical (unpaired) electrons. The Kier molecular flexibility index (Phi) is 4.58. The lowest BCUT2D eigenvalue weighted by molar-refractivity contribution is 0.664. The number of furan rings is 2. The third kappa shape index (κ3) is 3.51. The van der Waals surface area contributed by atoms with Gasteiger partial charge in [-0.2, -0.15) is 0 Å². The molecule has 0 spiro atoms. The first-order chi connectivity index (χ1) is 20.3. The highest BCUT2D eigenvalue weighted by Crippen LogP contribution is 2.38. The van der Waals surface area contributed by atoms with Crippen molar-refractivity contribution in [1.29, 1.82) is 0 Å². The zero-order valence-electron chi connectivity index (χ0n) is 21.9. The summed E-state index contributed by atoms with van der Waals surface area (Å²) in [6.07, 6.45) is 4.10. The van der Waals surface area contributed by atoms with Crippen LogP contribution in [-0.2, 0) is 0 Å². The smallest absolute Gasteiger partial charge is 0.137 e. The summed E-state index contributed by atoms with van der Waals surface area (Å²) in [5.74, 6) is 0. The minimum Gasteiger partial charge on any atom is -0.456 e. The van der Waals surface area contributed by atoms with Gasteiger partial charge in [0.05, 0.1) is 5.69 Å². The second kappa shape index (κ2) is 8.44. The van der Waals surface area contributed by atoms with Crippen molar-refractivity contribution in [2.75, 3.05) is 0 Å². The largest absolute Gasteiger partial charge is 0.456 e. The molecular formula is C37H22N2O2. The Bertz CT molecular complexity index is 2390. The van der Waals surface area contributed by atoms with Crippen molar-refractivity contribution in [2.24, 2.45) is 0 Å². The average molecular weight is 527 g/mol. The number of rotatable bonds is 3. The molecule has 0 saturated heterocycles. The number of nitrogens with zero attached hydrogens (tertiary/aromatic N) is 2. The molecule has 0 N–H and O–H groups in total. The topological polar surface area (TPSA) is 43.6 Å². The van der Waals surface area contributed by atoms with Gasteiger partial charge in [-0.3, -0.25) is 0 Å². The summed E-state index contributed by atoms with van der Waals surface area (Å²) < 4.78 is 14.5. The lowest BCUT2D eigenvalue weighted by atomic mass is 9.98. The first-order valence-corrected chi connectivity index (χ1v) is 13.7. The summed E-state index contributed by atoms with van der Waals surface area (Å²) in [4.78, 5) is 4.79. The number of aromatic nitrogens is 2. The molecule has 41 heavy (non-hydrogen) atoms. The zero-order chi connectivity index (χ0) is 26.9. The third-order valence-electron chi connectivity index (χ3n) is 8.04. The van der Waals surface area contributed by atoms with Crippen LogP contribution in [0, 0.1) is 0 Å². The van der Waals surface area contributed by atoms with Crippen molar-refractivity contribution in [3.63, 3.8) is 0 Å². The molecule has 0 aliphatic heterocycles. The molecule has 4 heterocycles. The van der Waals surface area contributed by atoms with Crippen LogP contribution >= 0.6 is 0 Å². The first kappa shape index (κ1) is 22.2. The van der Waals surface area contributed by atoms with E-state index in [2.05, 4.69) is 95.5 Å². The minimum atomic E-state index is 0.872. The Labute approximate surface area is 234 Å². The van der Waals surface area contributed by atoms with Crippen molar-refractivity contribution in [2.45, 2.75) is 0 Å². The normalized spacial score (nSPS) is 11.9. The number of pyridine rings is 1. The van der Waals surface area contributed by atoms with Crippen LogP contribution in [0.3, 0.4) is 0 Å². The van der Waals surface area contributed by atoms with Gasteiger partial charge in [-0.15, -0.1) is 0 Å². The van der Waals surface area contributed by atoms with Crippen molar-refractivity contribution < 1.29 is 8.83 Å². The van der Waals surface area contributed by atoms with Gasteiger partial charge in [0.25, 0.3) is 0 Å². The fourth-order valence-corrected chi connectivity index (χ4v) is 5.96. The second-order valence-electron chi connectivity index (χ2n) is 10.5. The number of para-hydroxylation sites is 1. The molecule has 4 nitrogen and oxygen atoms in total. The second-order valence-corrected chi connectivity index (χ2v) is 10.5.